The highest BCUT2D eigenvalue weighted by molar-refractivity contribution is 9.08. The van der Waals surface area contributed by atoms with E-state index in [1.54, 1.807) is 63.6 Å². The summed E-state index contributed by atoms with van der Waals surface area (Å²) in [6, 6.07) is 50.5. The highest BCUT2D eigenvalue weighted by Crippen LogP contribution is 2.38. The minimum Gasteiger partial charge on any atom is -0.478 e. The average Bonchev–Trinajstić information content (AvgIpc) is 0.790. The van der Waals surface area contributed by atoms with Crippen molar-refractivity contribution in [1.29, 1.82) is 21.0 Å². The van der Waals surface area contributed by atoms with Gasteiger partial charge >= 0.3 is 18.2 Å². The van der Waals surface area contributed by atoms with E-state index in [0.29, 0.717) is 116 Å². The van der Waals surface area contributed by atoms with Gasteiger partial charge in [-0.05, 0) is 232 Å². The van der Waals surface area contributed by atoms with Crippen LogP contribution in [0.5, 0.6) is 0 Å². The van der Waals surface area contributed by atoms with E-state index in [0.717, 1.165) is 71.7 Å². The maximum absolute atomic E-state index is 13.2. The molecule has 4 fully saturated rings. The zero-order valence-electron chi connectivity index (χ0n) is 61.5. The second-order valence-corrected chi connectivity index (χ2v) is 30.8. The molecule has 113 heavy (non-hydrogen) atoms. The number of carboxylic acids is 1. The van der Waals surface area contributed by atoms with Crippen LogP contribution < -0.4 is 5.32 Å². The maximum atomic E-state index is 13.2. The topological polar surface area (TPSA) is 301 Å². The Balaban J connectivity index is 0.000000472. The van der Waals surface area contributed by atoms with Gasteiger partial charge in [-0.3, -0.25) is 14.8 Å². The molecule has 0 saturated carbocycles. The van der Waals surface area contributed by atoms with Crippen molar-refractivity contribution in [2.24, 2.45) is 22.2 Å². The molecule has 4 aliphatic rings. The number of nitrogens with zero attached hydrogens (tertiary/aromatic N) is 13. The highest BCUT2D eigenvalue weighted by Gasteiger charge is 2.39. The number of carboxylic acid groups (broad SMARTS) is 1. The molecule has 0 bridgehead atoms. The van der Waals surface area contributed by atoms with Gasteiger partial charge in [-0.15, -0.1) is 0 Å². The first-order chi connectivity index (χ1) is 51.6. The van der Waals surface area contributed by atoms with Crippen LogP contribution in [-0.2, 0) is 34.1 Å². The Bertz CT molecular complexity index is 4370. The molecule has 12 rings (SSSR count). The van der Waals surface area contributed by atoms with E-state index in [2.05, 4.69) is 75.4 Å². The number of piperidine rings is 4. The number of nitrogens with one attached hydrogen (secondary N) is 1. The predicted molar refractivity (Wildman–Crippen MR) is 455 cm³/mol. The van der Waals surface area contributed by atoms with E-state index in [-0.39, 0.29) is 72.1 Å². The van der Waals surface area contributed by atoms with E-state index in [1.165, 1.54) is 36.0 Å². The molecule has 26 heteroatoms. The molecule has 0 atom stereocenters. The number of carbonyl (C=O) groups excluding carboxylic acids is 3. The third kappa shape index (κ3) is 32.4. The summed E-state index contributed by atoms with van der Waals surface area (Å²) in [5, 5.41) is 53.7. The van der Waals surface area contributed by atoms with Crippen LogP contribution in [0.1, 0.15) is 173 Å². The third-order valence-corrected chi connectivity index (χ3v) is 19.8. The highest BCUT2D eigenvalue weighted by atomic mass is 79.9. The fourth-order valence-corrected chi connectivity index (χ4v) is 13.0. The molecule has 0 aliphatic carbocycles. The van der Waals surface area contributed by atoms with Crippen molar-refractivity contribution in [2.45, 2.75) is 166 Å². The molecule has 0 radical (unpaired) electrons. The maximum Gasteiger partial charge on any atom is 0.410 e. The summed E-state index contributed by atoms with van der Waals surface area (Å²) in [5.41, 5.74) is 5.27. The van der Waals surface area contributed by atoms with Crippen LogP contribution >= 0.6 is 62.3 Å². The molecular formula is C87H109BrCl4N14O7. The van der Waals surface area contributed by atoms with Crippen molar-refractivity contribution in [3.63, 3.8) is 0 Å². The standard InChI is InChI=1S/C23H20ClN5O.C18H23ClN2O2.C13H15ClN2.C11H18N2O2.C10H7N3O2.C7H6BrCl.5CH4/c24-18-5-3-17(4-6-18)14-23(15-25)8-12-29(13-9-23)22(30)19-2-1-10-27-21(19)20-7-11-26-16-28-20;1-17(2,3)23-16(22)21-10-8-18(13-20,9-11-21)12-14-4-6-15(19)7-5-14;14-12-3-1-11(2-4-12)9-13(10-15)5-7-16-8-6-13;1-11(2,3)15-10(14)13-6-4-9(8-12)5-7-13;14-10(15)7-2-1-4-12-9(7)8-3-5-11-6-13-8;8-5-6-1-3-7(9)4-2-6;;;;;/h1-7,10-11,16H,8-9,12-14H2;4-7H,8-12H2,1-3H3;1-4,16H,5-9H2;9H,4-7H2,1-3H3;1-6H,(H,14,15);1-4H,5H2;5*1H4. The van der Waals surface area contributed by atoms with E-state index in [4.69, 9.17) is 66.2 Å². The lowest BCUT2D eigenvalue weighted by atomic mass is 9.75. The van der Waals surface area contributed by atoms with Crippen molar-refractivity contribution in [1.82, 2.24) is 49.9 Å². The van der Waals surface area contributed by atoms with Crippen molar-refractivity contribution >= 4 is 86.4 Å². The molecule has 0 unspecified atom stereocenters. The number of rotatable bonds is 11. The number of amides is 3. The van der Waals surface area contributed by atoms with Crippen LogP contribution in [0.4, 0.5) is 9.59 Å². The molecule has 604 valence electrons. The minimum absolute atomic E-state index is 0. The Kier molecular flexibility index (Phi) is 42.6. The molecule has 4 aromatic carbocycles. The number of pyridine rings is 2. The number of alkyl halides is 1. The van der Waals surface area contributed by atoms with Crippen LogP contribution in [0.2, 0.25) is 20.1 Å². The zero-order chi connectivity index (χ0) is 78.3. The second kappa shape index (κ2) is 48.4. The molecule has 4 aliphatic heterocycles. The molecule has 21 nitrogen and oxygen atoms in total. The Labute approximate surface area is 698 Å². The number of aromatic carboxylic acids is 1. The number of benzene rings is 4. The van der Waals surface area contributed by atoms with Crippen LogP contribution in [0, 0.1) is 67.5 Å². The first kappa shape index (κ1) is 99.5. The van der Waals surface area contributed by atoms with Crippen molar-refractivity contribution in [3.05, 3.63) is 224 Å². The van der Waals surface area contributed by atoms with Crippen LogP contribution in [0.25, 0.3) is 22.8 Å². The van der Waals surface area contributed by atoms with Gasteiger partial charge in [0.2, 0.25) is 0 Å². The fourth-order valence-electron chi connectivity index (χ4n) is 12.1. The molecule has 8 heterocycles. The number of likely N-dealkylation sites (tertiary alicyclic amines) is 3. The van der Waals surface area contributed by atoms with Gasteiger partial charge in [-0.1, -0.05) is 148 Å². The van der Waals surface area contributed by atoms with Gasteiger partial charge < -0.3 is 34.6 Å². The Hall–Kier alpha value is -9.62. The quantitative estimate of drug-likeness (QED) is 0.114. The van der Waals surface area contributed by atoms with Crippen molar-refractivity contribution in [2.75, 3.05) is 52.4 Å². The van der Waals surface area contributed by atoms with Crippen molar-refractivity contribution in [3.8, 4) is 47.1 Å². The zero-order valence-corrected chi connectivity index (χ0v) is 66.1. The van der Waals surface area contributed by atoms with Gasteiger partial charge in [-0.2, -0.15) is 21.0 Å². The van der Waals surface area contributed by atoms with Gasteiger partial charge in [0.05, 0.1) is 63.0 Å². The van der Waals surface area contributed by atoms with E-state index < -0.39 is 28.0 Å². The van der Waals surface area contributed by atoms with Crippen LogP contribution in [-0.4, -0.2) is 137 Å². The normalized spacial score (nSPS) is 14.8. The molecule has 8 aromatic rings. The number of hydrogen-bond donors (Lipinski definition) is 2. The lowest BCUT2D eigenvalue weighted by Crippen LogP contribution is -2.45. The number of halogens is 5. The molecular weight excluding hydrogens is 1570 g/mol. The SMILES string of the molecule is C.C.C.C.C.CC(C)(C)OC(=O)N1CCC(C#N)(Cc2ccc(Cl)cc2)CC1.CC(C)(C)OC(=O)N1CCC(C#N)CC1.Clc1ccc(CBr)cc1.N#CC1(Cc2ccc(Cl)cc2)CCN(C(=O)c2cccnc2-c2ccncn2)CC1.N#CC1(Cc2ccc(Cl)cc2)CCNCC1.O=C(O)c1cccnc1-c1ccncn1. The first-order valence-electron chi connectivity index (χ1n) is 35.4. The number of nitriles is 4. The number of carbonyl (C=O) groups is 4. The Morgan fingerprint density at radius 1 is 0.478 bits per heavy atom. The summed E-state index contributed by atoms with van der Waals surface area (Å²) in [7, 11) is 0. The minimum atomic E-state index is -1.02. The first-order valence-corrected chi connectivity index (χ1v) is 38.0. The average molecular weight is 1680 g/mol. The molecule has 3 amide bonds. The monoisotopic (exact) mass is 1680 g/mol. The van der Waals surface area contributed by atoms with Crippen molar-refractivity contribution < 1.29 is 33.8 Å². The van der Waals surface area contributed by atoms with Gasteiger partial charge in [-0.25, -0.2) is 34.3 Å². The summed E-state index contributed by atoms with van der Waals surface area (Å²) in [5.74, 6) is -1.00. The lowest BCUT2D eigenvalue weighted by molar-refractivity contribution is 0.0146. The molecule has 4 saturated heterocycles. The smallest absolute Gasteiger partial charge is 0.410 e. The molecule has 2 N–H and O–H groups in total. The lowest BCUT2D eigenvalue weighted by Gasteiger charge is -2.38. The molecule has 0 spiro atoms. The third-order valence-electron chi connectivity index (χ3n) is 18.1. The van der Waals surface area contributed by atoms with Gasteiger partial charge in [0, 0.05) is 95.4 Å². The fraction of sp³-hybridized carbons (Fsp3) is 0.425. The summed E-state index contributed by atoms with van der Waals surface area (Å²) in [4.78, 5) is 77.3. The van der Waals surface area contributed by atoms with Crippen LogP contribution in [0.15, 0.2) is 171 Å². The number of aromatic nitrogens is 6. The van der Waals surface area contributed by atoms with Gasteiger partial charge in [0.1, 0.15) is 35.2 Å². The second-order valence-electron chi connectivity index (χ2n) is 28.5. The van der Waals surface area contributed by atoms with E-state index >= 15 is 0 Å². The predicted octanol–water partition coefficient (Wildman–Crippen LogP) is 21.2. The molecule has 4 aromatic heterocycles. The Morgan fingerprint density at radius 2 is 0.814 bits per heavy atom. The summed E-state index contributed by atoms with van der Waals surface area (Å²) >= 11 is 26.7. The number of hydrogen-bond acceptors (Lipinski definition) is 17. The largest absolute Gasteiger partial charge is 0.478 e. The summed E-state index contributed by atoms with van der Waals surface area (Å²) in [6.07, 6.45) is 16.7. The van der Waals surface area contributed by atoms with Gasteiger partial charge in [0.25, 0.3) is 5.91 Å². The van der Waals surface area contributed by atoms with E-state index in [1.807, 2.05) is 139 Å². The van der Waals surface area contributed by atoms with E-state index in [9.17, 15) is 35.0 Å². The Morgan fingerprint density at radius 3 is 1.14 bits per heavy atom. The summed E-state index contributed by atoms with van der Waals surface area (Å²) < 4.78 is 10.7. The number of ether oxygens (including phenoxy) is 2. The van der Waals surface area contributed by atoms with Crippen LogP contribution in [0.3, 0.4) is 0 Å². The van der Waals surface area contributed by atoms with Gasteiger partial charge in [0.15, 0.2) is 0 Å². The summed E-state index contributed by atoms with van der Waals surface area (Å²) in [6.45, 7) is 16.4.